The Morgan fingerprint density at radius 2 is 1.60 bits per heavy atom. The summed E-state index contributed by atoms with van der Waals surface area (Å²) >= 11 is 0. The summed E-state index contributed by atoms with van der Waals surface area (Å²) < 4.78 is 13.1. The van der Waals surface area contributed by atoms with Crippen LogP contribution in [0.3, 0.4) is 0 Å². The van der Waals surface area contributed by atoms with E-state index in [0.29, 0.717) is 11.1 Å². The molecule has 0 amide bonds. The maximum absolute atomic E-state index is 13.1. The van der Waals surface area contributed by atoms with Gasteiger partial charge in [0.05, 0.1) is 0 Å². The van der Waals surface area contributed by atoms with Crippen LogP contribution >= 0.6 is 0 Å². The van der Waals surface area contributed by atoms with E-state index in [4.69, 9.17) is 5.11 Å². The van der Waals surface area contributed by atoms with Crippen LogP contribution in [0.1, 0.15) is 0 Å². The minimum Gasteiger partial charge on any atom is -0.508 e. The zero-order valence-electron chi connectivity index (χ0n) is 7.81. The molecule has 0 unspecified atom stereocenters. The minimum atomic E-state index is -0.671. The highest BCUT2D eigenvalue weighted by molar-refractivity contribution is 5.65. The van der Waals surface area contributed by atoms with Crippen molar-refractivity contribution in [3.05, 3.63) is 48.3 Å². The fourth-order valence-electron chi connectivity index (χ4n) is 1.37. The molecular formula is C12H9FO2. The topological polar surface area (TPSA) is 40.5 Å². The number of rotatable bonds is 1. The monoisotopic (exact) mass is 204 g/mol. The molecule has 76 valence electrons. The Morgan fingerprint density at radius 3 is 2.27 bits per heavy atom. The minimum absolute atomic E-state index is 0.126. The number of halogens is 1. The zero-order chi connectivity index (χ0) is 10.8. The van der Waals surface area contributed by atoms with E-state index in [1.165, 1.54) is 18.2 Å². The molecule has 0 fully saturated rings. The molecule has 0 aliphatic rings. The second kappa shape index (κ2) is 3.61. The lowest BCUT2D eigenvalue weighted by molar-refractivity contribution is 0.432. The lowest BCUT2D eigenvalue weighted by Crippen LogP contribution is -1.80. The fraction of sp³-hybridized carbons (Fsp3) is 0. The molecule has 0 radical (unpaired) electrons. The van der Waals surface area contributed by atoms with E-state index < -0.39 is 5.82 Å². The van der Waals surface area contributed by atoms with Crippen molar-refractivity contribution in [1.29, 1.82) is 0 Å². The number of benzene rings is 2. The summed E-state index contributed by atoms with van der Waals surface area (Å²) in [5.41, 5.74) is 1.31. The maximum atomic E-state index is 13.1. The predicted molar refractivity (Wildman–Crippen MR) is 55.2 cm³/mol. The second-order valence-electron chi connectivity index (χ2n) is 3.22. The third kappa shape index (κ3) is 1.91. The molecule has 2 nitrogen and oxygen atoms in total. The molecule has 0 bridgehead atoms. The largest absolute Gasteiger partial charge is 0.508 e. The van der Waals surface area contributed by atoms with Crippen molar-refractivity contribution in [2.24, 2.45) is 0 Å². The lowest BCUT2D eigenvalue weighted by atomic mass is 10.1. The van der Waals surface area contributed by atoms with E-state index in [0.717, 1.165) is 0 Å². The molecule has 0 aromatic heterocycles. The quantitative estimate of drug-likeness (QED) is 0.749. The zero-order valence-corrected chi connectivity index (χ0v) is 7.81. The third-order valence-corrected chi connectivity index (χ3v) is 2.13. The van der Waals surface area contributed by atoms with Gasteiger partial charge >= 0.3 is 0 Å². The molecule has 2 aromatic carbocycles. The van der Waals surface area contributed by atoms with Crippen LogP contribution in [0.2, 0.25) is 0 Å². The van der Waals surface area contributed by atoms with Crippen molar-refractivity contribution in [2.75, 3.05) is 0 Å². The number of hydrogen-bond donors (Lipinski definition) is 2. The number of phenols is 2. The highest BCUT2D eigenvalue weighted by atomic mass is 19.1. The summed E-state index contributed by atoms with van der Waals surface area (Å²) in [5.74, 6) is -0.921. The van der Waals surface area contributed by atoms with E-state index in [1.807, 2.05) is 0 Å². The molecule has 3 heteroatoms. The second-order valence-corrected chi connectivity index (χ2v) is 3.22. The Bertz CT molecular complexity index is 495. The van der Waals surface area contributed by atoms with Crippen LogP contribution in [0.25, 0.3) is 11.1 Å². The van der Waals surface area contributed by atoms with Crippen molar-refractivity contribution < 1.29 is 14.6 Å². The Kier molecular flexibility index (Phi) is 2.29. The smallest absolute Gasteiger partial charge is 0.165 e. The van der Waals surface area contributed by atoms with E-state index >= 15 is 0 Å². The van der Waals surface area contributed by atoms with Gasteiger partial charge in [0.15, 0.2) is 11.6 Å². The van der Waals surface area contributed by atoms with Crippen molar-refractivity contribution in [3.63, 3.8) is 0 Å². The highest BCUT2D eigenvalue weighted by Gasteiger charge is 2.03. The van der Waals surface area contributed by atoms with Gasteiger partial charge in [0.1, 0.15) is 5.75 Å². The number of hydrogen-bond acceptors (Lipinski definition) is 2. The first kappa shape index (κ1) is 9.52. The Labute approximate surface area is 86.2 Å². The van der Waals surface area contributed by atoms with Gasteiger partial charge in [0, 0.05) is 0 Å². The molecule has 0 aliphatic carbocycles. The lowest BCUT2D eigenvalue weighted by Gasteiger charge is -2.03. The van der Waals surface area contributed by atoms with Crippen molar-refractivity contribution in [2.45, 2.75) is 0 Å². The predicted octanol–water partition coefficient (Wildman–Crippen LogP) is 2.90. The summed E-state index contributed by atoms with van der Waals surface area (Å²) in [6.07, 6.45) is 0. The number of aromatic hydroxyl groups is 2. The van der Waals surface area contributed by atoms with Crippen LogP contribution < -0.4 is 0 Å². The van der Waals surface area contributed by atoms with Gasteiger partial charge in [-0.2, -0.15) is 0 Å². The summed E-state index contributed by atoms with van der Waals surface area (Å²) in [6.45, 7) is 0. The Hall–Kier alpha value is -2.03. The summed E-state index contributed by atoms with van der Waals surface area (Å²) in [6, 6.07) is 10.6. The van der Waals surface area contributed by atoms with E-state index in [1.54, 1.807) is 24.3 Å². The van der Waals surface area contributed by atoms with Gasteiger partial charge in [-0.15, -0.1) is 0 Å². The summed E-state index contributed by atoms with van der Waals surface area (Å²) in [4.78, 5) is 0. The fourth-order valence-corrected chi connectivity index (χ4v) is 1.37. The molecule has 0 saturated carbocycles. The first-order valence-corrected chi connectivity index (χ1v) is 4.45. The van der Waals surface area contributed by atoms with E-state index in [-0.39, 0.29) is 11.5 Å². The SMILES string of the molecule is Oc1cccc(-c2ccc(O)c(F)c2)c1. The molecule has 2 aromatic rings. The number of phenolic OH excluding ortho intramolecular Hbond substituents is 2. The van der Waals surface area contributed by atoms with E-state index in [9.17, 15) is 9.50 Å². The molecule has 2 N–H and O–H groups in total. The van der Waals surface area contributed by atoms with Crippen LogP contribution in [0.4, 0.5) is 4.39 Å². The Morgan fingerprint density at radius 1 is 0.867 bits per heavy atom. The Balaban J connectivity index is 2.50. The molecule has 0 saturated heterocycles. The molecule has 0 heterocycles. The molecular weight excluding hydrogens is 195 g/mol. The molecule has 0 aliphatic heterocycles. The van der Waals surface area contributed by atoms with Crippen LogP contribution in [-0.4, -0.2) is 10.2 Å². The third-order valence-electron chi connectivity index (χ3n) is 2.13. The summed E-state index contributed by atoms with van der Waals surface area (Å²) in [5, 5.41) is 18.3. The molecule has 0 atom stereocenters. The first-order chi connectivity index (χ1) is 7.16. The van der Waals surface area contributed by atoms with Crippen LogP contribution in [-0.2, 0) is 0 Å². The van der Waals surface area contributed by atoms with Crippen molar-refractivity contribution >= 4 is 0 Å². The average Bonchev–Trinajstić information content (AvgIpc) is 2.22. The van der Waals surface area contributed by atoms with Gasteiger partial charge in [0.2, 0.25) is 0 Å². The van der Waals surface area contributed by atoms with E-state index in [2.05, 4.69) is 0 Å². The van der Waals surface area contributed by atoms with Gasteiger partial charge in [-0.1, -0.05) is 18.2 Å². The van der Waals surface area contributed by atoms with Crippen molar-refractivity contribution in [1.82, 2.24) is 0 Å². The van der Waals surface area contributed by atoms with Gasteiger partial charge in [-0.3, -0.25) is 0 Å². The van der Waals surface area contributed by atoms with Gasteiger partial charge in [-0.05, 0) is 35.4 Å². The average molecular weight is 204 g/mol. The standard InChI is InChI=1S/C12H9FO2/c13-11-7-9(4-5-12(11)15)8-2-1-3-10(14)6-8/h1-7,14-15H. The van der Waals surface area contributed by atoms with Gasteiger partial charge in [0.25, 0.3) is 0 Å². The maximum Gasteiger partial charge on any atom is 0.165 e. The van der Waals surface area contributed by atoms with Crippen LogP contribution in [0.5, 0.6) is 11.5 Å². The van der Waals surface area contributed by atoms with Gasteiger partial charge in [-0.25, -0.2) is 4.39 Å². The van der Waals surface area contributed by atoms with Crippen LogP contribution in [0.15, 0.2) is 42.5 Å². The molecule has 2 rings (SSSR count). The van der Waals surface area contributed by atoms with Crippen molar-refractivity contribution in [3.8, 4) is 22.6 Å². The first-order valence-electron chi connectivity index (χ1n) is 4.45. The molecule has 15 heavy (non-hydrogen) atoms. The summed E-state index contributed by atoms with van der Waals surface area (Å²) in [7, 11) is 0. The van der Waals surface area contributed by atoms with Crippen LogP contribution in [0, 0.1) is 5.82 Å². The highest BCUT2D eigenvalue weighted by Crippen LogP contribution is 2.26. The normalized spacial score (nSPS) is 10.2. The molecule has 0 spiro atoms. The van der Waals surface area contributed by atoms with Gasteiger partial charge < -0.3 is 10.2 Å².